The molecule has 0 saturated carbocycles. The van der Waals surface area contributed by atoms with Gasteiger partial charge in [-0.3, -0.25) is 9.59 Å². The number of phenols is 1. The predicted octanol–water partition coefficient (Wildman–Crippen LogP) is 0.230. The van der Waals surface area contributed by atoms with Gasteiger partial charge in [0.25, 0.3) is 0 Å². The summed E-state index contributed by atoms with van der Waals surface area (Å²) in [6.07, 6.45) is 0. The molecule has 1 aromatic heterocycles. The van der Waals surface area contributed by atoms with Crippen LogP contribution in [0.25, 0.3) is 11.0 Å². The molecule has 3 N–H and O–H groups in total. The number of aromatic hydroxyl groups is 1. The standard InChI is InChI=1S/C9H8N2O3/c1-4-2-3-5(12)7-6(4)10-8(13)9(14)11-7/h2-3,12H,1H3,(H,10,13)(H,11,14). The Kier molecular flexibility index (Phi) is 1.67. The maximum absolute atomic E-state index is 11.0. The van der Waals surface area contributed by atoms with Crippen molar-refractivity contribution in [2.45, 2.75) is 6.92 Å². The lowest BCUT2D eigenvalue weighted by Gasteiger charge is -2.02. The van der Waals surface area contributed by atoms with E-state index in [0.717, 1.165) is 5.56 Å². The molecule has 5 nitrogen and oxygen atoms in total. The molecule has 0 radical (unpaired) electrons. The van der Waals surface area contributed by atoms with Gasteiger partial charge in [0, 0.05) is 0 Å². The van der Waals surface area contributed by atoms with Gasteiger partial charge in [0.05, 0.1) is 5.52 Å². The normalized spacial score (nSPS) is 10.6. The van der Waals surface area contributed by atoms with E-state index >= 15 is 0 Å². The molecular formula is C9H8N2O3. The van der Waals surface area contributed by atoms with E-state index in [0.29, 0.717) is 5.52 Å². The Morgan fingerprint density at radius 3 is 2.29 bits per heavy atom. The fourth-order valence-corrected chi connectivity index (χ4v) is 1.32. The molecule has 1 heterocycles. The van der Waals surface area contributed by atoms with Crippen molar-refractivity contribution in [2.75, 3.05) is 0 Å². The predicted molar refractivity (Wildman–Crippen MR) is 51.6 cm³/mol. The molecule has 0 saturated heterocycles. The number of aromatic nitrogens is 2. The number of hydrogen-bond donors (Lipinski definition) is 3. The van der Waals surface area contributed by atoms with Crippen molar-refractivity contribution in [3.8, 4) is 5.75 Å². The largest absolute Gasteiger partial charge is 0.506 e. The van der Waals surface area contributed by atoms with Gasteiger partial charge in [0.1, 0.15) is 11.3 Å². The highest BCUT2D eigenvalue weighted by atomic mass is 16.3. The molecule has 0 amide bonds. The number of H-pyrrole nitrogens is 2. The van der Waals surface area contributed by atoms with Gasteiger partial charge in [-0.05, 0) is 18.6 Å². The van der Waals surface area contributed by atoms with E-state index < -0.39 is 11.1 Å². The van der Waals surface area contributed by atoms with E-state index in [-0.39, 0.29) is 11.3 Å². The molecule has 72 valence electrons. The Bertz CT molecular complexity index is 555. The lowest BCUT2D eigenvalue weighted by Crippen LogP contribution is -2.29. The topological polar surface area (TPSA) is 85.9 Å². The van der Waals surface area contributed by atoms with Crippen LogP contribution in [-0.2, 0) is 0 Å². The summed E-state index contributed by atoms with van der Waals surface area (Å²) in [6, 6.07) is 3.12. The Balaban J connectivity index is 3.09. The third kappa shape index (κ3) is 1.10. The lowest BCUT2D eigenvalue weighted by molar-refractivity contribution is 0.480. The minimum Gasteiger partial charge on any atom is -0.506 e. The van der Waals surface area contributed by atoms with Gasteiger partial charge in [-0.2, -0.15) is 0 Å². The lowest BCUT2D eigenvalue weighted by atomic mass is 10.2. The minimum atomic E-state index is -0.765. The molecule has 0 spiro atoms. The summed E-state index contributed by atoms with van der Waals surface area (Å²) in [7, 11) is 0. The number of aryl methyl sites for hydroxylation is 1. The van der Waals surface area contributed by atoms with Crippen LogP contribution >= 0.6 is 0 Å². The molecule has 14 heavy (non-hydrogen) atoms. The molecule has 0 atom stereocenters. The minimum absolute atomic E-state index is 0.0565. The second-order valence-electron chi connectivity index (χ2n) is 3.06. The summed E-state index contributed by atoms with van der Waals surface area (Å²) < 4.78 is 0. The summed E-state index contributed by atoms with van der Waals surface area (Å²) in [5.41, 5.74) is 0.0138. The van der Waals surface area contributed by atoms with Crippen LogP contribution < -0.4 is 11.1 Å². The highest BCUT2D eigenvalue weighted by molar-refractivity contribution is 5.83. The zero-order valence-corrected chi connectivity index (χ0v) is 7.42. The zero-order valence-electron chi connectivity index (χ0n) is 7.42. The number of benzene rings is 1. The summed E-state index contributed by atoms with van der Waals surface area (Å²) in [5, 5.41) is 9.42. The van der Waals surface area contributed by atoms with E-state index in [1.54, 1.807) is 13.0 Å². The smallest absolute Gasteiger partial charge is 0.314 e. The molecule has 5 heteroatoms. The third-order valence-corrected chi connectivity index (χ3v) is 2.07. The van der Waals surface area contributed by atoms with E-state index in [4.69, 9.17) is 0 Å². The van der Waals surface area contributed by atoms with Crippen molar-refractivity contribution in [2.24, 2.45) is 0 Å². The molecular weight excluding hydrogens is 184 g/mol. The van der Waals surface area contributed by atoms with Gasteiger partial charge < -0.3 is 15.1 Å². The van der Waals surface area contributed by atoms with Crippen molar-refractivity contribution in [3.63, 3.8) is 0 Å². The van der Waals surface area contributed by atoms with Gasteiger partial charge >= 0.3 is 11.1 Å². The van der Waals surface area contributed by atoms with E-state index in [1.165, 1.54) is 6.07 Å². The Hall–Kier alpha value is -2.04. The van der Waals surface area contributed by atoms with Gasteiger partial charge in [-0.25, -0.2) is 0 Å². The number of nitrogens with one attached hydrogen (secondary N) is 2. The zero-order chi connectivity index (χ0) is 10.3. The van der Waals surface area contributed by atoms with Crippen LogP contribution in [0.2, 0.25) is 0 Å². The fraction of sp³-hybridized carbons (Fsp3) is 0.111. The van der Waals surface area contributed by atoms with Crippen molar-refractivity contribution >= 4 is 11.0 Å². The first kappa shape index (κ1) is 8.55. The van der Waals surface area contributed by atoms with Crippen LogP contribution in [0.15, 0.2) is 21.7 Å². The average Bonchev–Trinajstić information content (AvgIpc) is 2.15. The first-order valence-corrected chi connectivity index (χ1v) is 4.04. The van der Waals surface area contributed by atoms with Gasteiger partial charge in [-0.15, -0.1) is 0 Å². The SMILES string of the molecule is Cc1ccc(O)c2[nH]c(=O)c(=O)[nH]c12. The molecule has 0 aliphatic rings. The third-order valence-electron chi connectivity index (χ3n) is 2.07. The molecule has 2 rings (SSSR count). The van der Waals surface area contributed by atoms with Gasteiger partial charge in [0.2, 0.25) is 0 Å². The van der Waals surface area contributed by atoms with E-state index in [2.05, 4.69) is 9.97 Å². The van der Waals surface area contributed by atoms with Crippen molar-refractivity contribution in [1.82, 2.24) is 9.97 Å². The van der Waals surface area contributed by atoms with Crippen LogP contribution in [0.5, 0.6) is 5.75 Å². The van der Waals surface area contributed by atoms with E-state index in [1.807, 2.05) is 0 Å². The monoisotopic (exact) mass is 192 g/mol. The molecule has 0 unspecified atom stereocenters. The number of aromatic amines is 2. The summed E-state index contributed by atoms with van der Waals surface area (Å²) in [5.74, 6) is -0.0565. The molecule has 0 bridgehead atoms. The van der Waals surface area contributed by atoms with Crippen LogP contribution in [0.3, 0.4) is 0 Å². The van der Waals surface area contributed by atoms with Crippen molar-refractivity contribution in [3.05, 3.63) is 38.4 Å². The Morgan fingerprint density at radius 2 is 1.64 bits per heavy atom. The Morgan fingerprint density at radius 1 is 1.07 bits per heavy atom. The number of fused-ring (bicyclic) bond motifs is 1. The molecule has 2 aromatic rings. The second-order valence-corrected chi connectivity index (χ2v) is 3.06. The molecule has 0 aliphatic heterocycles. The maximum Gasteiger partial charge on any atom is 0.314 e. The molecule has 1 aromatic carbocycles. The van der Waals surface area contributed by atoms with Crippen LogP contribution in [0.4, 0.5) is 0 Å². The highest BCUT2D eigenvalue weighted by Gasteiger charge is 2.05. The first-order chi connectivity index (χ1) is 6.59. The van der Waals surface area contributed by atoms with Gasteiger partial charge in [-0.1, -0.05) is 6.07 Å². The first-order valence-electron chi connectivity index (χ1n) is 4.04. The summed E-state index contributed by atoms with van der Waals surface area (Å²) in [4.78, 5) is 26.7. The average molecular weight is 192 g/mol. The van der Waals surface area contributed by atoms with Crippen LogP contribution in [0.1, 0.15) is 5.56 Å². The Labute approximate surface area is 78.0 Å². The quantitative estimate of drug-likeness (QED) is 0.522. The molecule has 0 fully saturated rings. The number of hydrogen-bond acceptors (Lipinski definition) is 3. The number of phenolic OH excluding ortho intramolecular Hbond substituents is 1. The highest BCUT2D eigenvalue weighted by Crippen LogP contribution is 2.21. The van der Waals surface area contributed by atoms with Crippen molar-refractivity contribution < 1.29 is 5.11 Å². The molecule has 0 aliphatic carbocycles. The summed E-state index contributed by atoms with van der Waals surface area (Å²) in [6.45, 7) is 1.77. The number of rotatable bonds is 0. The van der Waals surface area contributed by atoms with Crippen LogP contribution in [-0.4, -0.2) is 15.1 Å². The summed E-state index contributed by atoms with van der Waals surface area (Å²) >= 11 is 0. The van der Waals surface area contributed by atoms with E-state index in [9.17, 15) is 14.7 Å². The maximum atomic E-state index is 11.0. The van der Waals surface area contributed by atoms with Crippen LogP contribution in [0, 0.1) is 6.92 Å². The van der Waals surface area contributed by atoms with Gasteiger partial charge in [0.15, 0.2) is 0 Å². The fourth-order valence-electron chi connectivity index (χ4n) is 1.32. The second kappa shape index (κ2) is 2.73. The van der Waals surface area contributed by atoms with Crippen molar-refractivity contribution in [1.29, 1.82) is 0 Å².